The summed E-state index contributed by atoms with van der Waals surface area (Å²) in [6.45, 7) is 3.23. The van der Waals surface area contributed by atoms with Crippen molar-refractivity contribution in [3.05, 3.63) is 72.8 Å². The van der Waals surface area contributed by atoms with E-state index in [4.69, 9.17) is 0 Å². The summed E-state index contributed by atoms with van der Waals surface area (Å²) in [7, 11) is 0. The number of hydrogen-bond donors (Lipinski definition) is 0. The number of rotatable bonds is 2. The molecule has 0 fully saturated rings. The maximum atomic E-state index is 3.21. The maximum absolute atomic E-state index is 3.21. The third-order valence-electron chi connectivity index (χ3n) is 3.88. The summed E-state index contributed by atoms with van der Waals surface area (Å²) in [6.07, 6.45) is 3.65. The number of benzene rings is 2. The van der Waals surface area contributed by atoms with E-state index in [0.29, 0.717) is 13.1 Å². The molecule has 0 bridgehead atoms. The summed E-state index contributed by atoms with van der Waals surface area (Å²) in [5.74, 6) is 12.5. The first-order valence-electron chi connectivity index (χ1n) is 8.15. The predicted molar refractivity (Wildman–Crippen MR) is 102 cm³/mol. The van der Waals surface area contributed by atoms with Crippen molar-refractivity contribution in [1.29, 1.82) is 0 Å². The lowest BCUT2D eigenvalue weighted by Gasteiger charge is -2.28. The number of anilines is 2. The van der Waals surface area contributed by atoms with E-state index in [1.54, 1.807) is 0 Å². The fraction of sp³-hybridized carbons (Fsp3) is 0.182. The third-order valence-corrected chi connectivity index (χ3v) is 3.88. The number of allylic oxidation sites excluding steroid dienone is 2. The Kier molecular flexibility index (Phi) is 5.60. The number of nitrogens with zero attached hydrogens (tertiary/aromatic N) is 2. The molecule has 1 aliphatic rings. The van der Waals surface area contributed by atoms with Crippen LogP contribution >= 0.6 is 0 Å². The van der Waals surface area contributed by atoms with E-state index in [9.17, 15) is 0 Å². The van der Waals surface area contributed by atoms with Gasteiger partial charge < -0.3 is 9.80 Å². The molecule has 0 aromatic heterocycles. The topological polar surface area (TPSA) is 6.48 Å². The predicted octanol–water partition coefficient (Wildman–Crippen LogP) is 3.58. The smallest absolute Gasteiger partial charge is 0.0798 e. The third kappa shape index (κ3) is 4.45. The molecule has 118 valence electrons. The fourth-order valence-corrected chi connectivity index (χ4v) is 2.60. The fourth-order valence-electron chi connectivity index (χ4n) is 2.60. The van der Waals surface area contributed by atoms with Gasteiger partial charge in [0.2, 0.25) is 0 Å². The molecule has 0 atom stereocenters. The van der Waals surface area contributed by atoms with Gasteiger partial charge in [-0.05, 0) is 36.4 Å². The molecule has 1 aliphatic heterocycles. The molecule has 0 saturated carbocycles. The molecule has 1 heterocycles. The Hall–Kier alpha value is -3.10. The van der Waals surface area contributed by atoms with Crippen LogP contribution in [0.3, 0.4) is 0 Å². The van der Waals surface area contributed by atoms with Gasteiger partial charge in [0, 0.05) is 24.5 Å². The zero-order chi connectivity index (χ0) is 16.5. The highest BCUT2D eigenvalue weighted by Gasteiger charge is 2.09. The van der Waals surface area contributed by atoms with Gasteiger partial charge in [-0.3, -0.25) is 0 Å². The summed E-state index contributed by atoms with van der Waals surface area (Å²) in [5.41, 5.74) is 2.40. The first kappa shape index (κ1) is 15.8. The lowest BCUT2D eigenvalue weighted by atomic mass is 10.2. The second-order valence-corrected chi connectivity index (χ2v) is 5.49. The van der Waals surface area contributed by atoms with Gasteiger partial charge in [0.25, 0.3) is 0 Å². The Bertz CT molecular complexity index is 716. The zero-order valence-electron chi connectivity index (χ0n) is 13.7. The summed E-state index contributed by atoms with van der Waals surface area (Å²) in [5, 5.41) is 0. The van der Waals surface area contributed by atoms with Crippen molar-refractivity contribution in [1.82, 2.24) is 0 Å². The van der Waals surface area contributed by atoms with E-state index in [2.05, 4.69) is 82.0 Å². The van der Waals surface area contributed by atoms with Gasteiger partial charge in [-0.2, -0.15) is 0 Å². The van der Waals surface area contributed by atoms with E-state index in [-0.39, 0.29) is 0 Å². The van der Waals surface area contributed by atoms with Crippen LogP contribution < -0.4 is 9.80 Å². The Morgan fingerprint density at radius 3 is 1.42 bits per heavy atom. The summed E-state index contributed by atoms with van der Waals surface area (Å²) < 4.78 is 0. The minimum atomic E-state index is 0.713. The van der Waals surface area contributed by atoms with Crippen LogP contribution in [0.25, 0.3) is 0 Å². The lowest BCUT2D eigenvalue weighted by molar-refractivity contribution is 0.792. The van der Waals surface area contributed by atoms with E-state index in [1.807, 2.05) is 24.3 Å². The SMILES string of the molecule is C1#CCN(c2ccccc2)CCN(c2ccccc2)CC#C/C=C\1. The zero-order valence-corrected chi connectivity index (χ0v) is 13.7. The Balaban J connectivity index is 1.83. The summed E-state index contributed by atoms with van der Waals surface area (Å²) in [6, 6.07) is 20.9. The van der Waals surface area contributed by atoms with Gasteiger partial charge in [0.15, 0.2) is 0 Å². The minimum Gasteiger partial charge on any atom is -0.359 e. The quantitative estimate of drug-likeness (QED) is 0.782. The second kappa shape index (κ2) is 8.51. The summed E-state index contributed by atoms with van der Waals surface area (Å²) >= 11 is 0. The molecule has 0 saturated heterocycles. The Labute approximate surface area is 144 Å². The van der Waals surface area contributed by atoms with Crippen LogP contribution in [0.5, 0.6) is 0 Å². The number of hydrogen-bond acceptors (Lipinski definition) is 2. The van der Waals surface area contributed by atoms with Crippen molar-refractivity contribution in [2.45, 2.75) is 0 Å². The van der Waals surface area contributed by atoms with Crippen molar-refractivity contribution in [2.24, 2.45) is 0 Å². The molecule has 0 radical (unpaired) electrons. The van der Waals surface area contributed by atoms with Crippen LogP contribution in [-0.2, 0) is 0 Å². The standard InChI is InChI=1S/C22H20N2/c1-2-4-12-18-24(22-15-9-6-10-16-22)20-19-23(17-11-3-1)21-13-7-5-8-14-21/h1-2,5-10,13-16H,17-20H2/b2-1-. The van der Waals surface area contributed by atoms with Crippen molar-refractivity contribution in [3.8, 4) is 23.7 Å². The van der Waals surface area contributed by atoms with Crippen LogP contribution in [0.4, 0.5) is 11.4 Å². The average molecular weight is 312 g/mol. The normalized spacial score (nSPS) is 15.8. The maximum Gasteiger partial charge on any atom is 0.0798 e. The largest absolute Gasteiger partial charge is 0.359 e. The van der Waals surface area contributed by atoms with Crippen molar-refractivity contribution in [3.63, 3.8) is 0 Å². The molecule has 2 heteroatoms. The van der Waals surface area contributed by atoms with Crippen molar-refractivity contribution >= 4 is 11.4 Å². The molecule has 2 aromatic carbocycles. The monoisotopic (exact) mass is 312 g/mol. The van der Waals surface area contributed by atoms with Crippen LogP contribution in [-0.4, -0.2) is 26.2 Å². The molecule has 24 heavy (non-hydrogen) atoms. The van der Waals surface area contributed by atoms with Crippen LogP contribution in [0.2, 0.25) is 0 Å². The molecule has 2 nitrogen and oxygen atoms in total. The first-order chi connectivity index (χ1) is 11.9. The van der Waals surface area contributed by atoms with Gasteiger partial charge in [0.1, 0.15) is 0 Å². The van der Waals surface area contributed by atoms with E-state index >= 15 is 0 Å². The molecule has 3 rings (SSSR count). The van der Waals surface area contributed by atoms with E-state index in [0.717, 1.165) is 13.1 Å². The molecule has 0 amide bonds. The average Bonchev–Trinajstić information content (AvgIpc) is 2.64. The van der Waals surface area contributed by atoms with Crippen LogP contribution in [0.15, 0.2) is 72.8 Å². The Morgan fingerprint density at radius 1 is 0.583 bits per heavy atom. The second-order valence-electron chi connectivity index (χ2n) is 5.49. The van der Waals surface area contributed by atoms with Crippen LogP contribution in [0.1, 0.15) is 0 Å². The molecule has 0 spiro atoms. The van der Waals surface area contributed by atoms with Gasteiger partial charge in [-0.1, -0.05) is 60.1 Å². The lowest BCUT2D eigenvalue weighted by Crippen LogP contribution is -2.36. The molecular formula is C22H20N2. The van der Waals surface area contributed by atoms with Gasteiger partial charge in [-0.15, -0.1) is 0 Å². The van der Waals surface area contributed by atoms with Gasteiger partial charge >= 0.3 is 0 Å². The highest BCUT2D eigenvalue weighted by molar-refractivity contribution is 5.50. The molecule has 0 aliphatic carbocycles. The van der Waals surface area contributed by atoms with Gasteiger partial charge in [0.05, 0.1) is 13.1 Å². The van der Waals surface area contributed by atoms with Crippen molar-refractivity contribution in [2.75, 3.05) is 36.0 Å². The van der Waals surface area contributed by atoms with Gasteiger partial charge in [-0.25, -0.2) is 0 Å². The Morgan fingerprint density at radius 2 is 1.00 bits per heavy atom. The highest BCUT2D eigenvalue weighted by Crippen LogP contribution is 2.16. The molecular weight excluding hydrogens is 292 g/mol. The minimum absolute atomic E-state index is 0.713. The highest BCUT2D eigenvalue weighted by atomic mass is 15.2. The molecule has 2 aromatic rings. The first-order valence-corrected chi connectivity index (χ1v) is 8.15. The number of para-hydroxylation sites is 2. The van der Waals surface area contributed by atoms with Crippen molar-refractivity contribution < 1.29 is 0 Å². The van der Waals surface area contributed by atoms with E-state index in [1.165, 1.54) is 11.4 Å². The molecule has 0 unspecified atom stereocenters. The van der Waals surface area contributed by atoms with E-state index < -0.39 is 0 Å². The summed E-state index contributed by atoms with van der Waals surface area (Å²) in [4.78, 5) is 4.62. The van der Waals surface area contributed by atoms with Crippen LogP contribution in [0, 0.1) is 23.7 Å². The molecule has 0 N–H and O–H groups in total.